The van der Waals surface area contributed by atoms with Crippen LogP contribution in [0.4, 0.5) is 4.39 Å². The van der Waals surface area contributed by atoms with Gasteiger partial charge in [0.05, 0.1) is 5.92 Å². The van der Waals surface area contributed by atoms with Crippen molar-refractivity contribution in [3.8, 4) is 0 Å². The van der Waals surface area contributed by atoms with Gasteiger partial charge in [0.15, 0.2) is 0 Å². The Bertz CT molecular complexity index is 626. The summed E-state index contributed by atoms with van der Waals surface area (Å²) in [5, 5.41) is 3.11. The first-order valence-corrected chi connectivity index (χ1v) is 7.26. The van der Waals surface area contributed by atoms with Crippen molar-refractivity contribution in [1.82, 2.24) is 5.32 Å². The fourth-order valence-corrected chi connectivity index (χ4v) is 2.89. The number of carbonyl (C=O) groups excluding carboxylic acids is 1. The van der Waals surface area contributed by atoms with E-state index in [0.29, 0.717) is 0 Å². The standard InChI is InChI=1S/C18H18FNO/c1-12(13-6-8-16(19)9-7-13)18(21)20-17-10-14-4-2-3-5-15(14)11-17/h2-9,12,17H,10-11H2,1H3,(H,20,21). The average molecular weight is 283 g/mol. The van der Waals surface area contributed by atoms with Gasteiger partial charge in [0.25, 0.3) is 0 Å². The van der Waals surface area contributed by atoms with Crippen LogP contribution in [-0.4, -0.2) is 11.9 Å². The Labute approximate surface area is 124 Å². The van der Waals surface area contributed by atoms with E-state index in [1.54, 1.807) is 12.1 Å². The lowest BCUT2D eigenvalue weighted by Crippen LogP contribution is -2.37. The molecule has 2 aromatic carbocycles. The van der Waals surface area contributed by atoms with Crippen LogP contribution in [0.2, 0.25) is 0 Å². The first kappa shape index (κ1) is 13.8. The van der Waals surface area contributed by atoms with E-state index >= 15 is 0 Å². The summed E-state index contributed by atoms with van der Waals surface area (Å²) in [4.78, 5) is 12.3. The maximum Gasteiger partial charge on any atom is 0.227 e. The molecule has 1 aliphatic rings. The molecule has 3 heteroatoms. The molecule has 0 heterocycles. The Morgan fingerprint density at radius 3 is 2.24 bits per heavy atom. The molecule has 1 amide bonds. The third kappa shape index (κ3) is 2.97. The van der Waals surface area contributed by atoms with Gasteiger partial charge < -0.3 is 5.32 Å². The molecule has 0 radical (unpaired) electrons. The number of benzene rings is 2. The first-order valence-electron chi connectivity index (χ1n) is 7.26. The lowest BCUT2D eigenvalue weighted by Gasteiger charge is -2.17. The van der Waals surface area contributed by atoms with Crippen molar-refractivity contribution >= 4 is 5.91 Å². The molecule has 108 valence electrons. The average Bonchev–Trinajstić information content (AvgIpc) is 2.89. The molecule has 0 aromatic heterocycles. The predicted octanol–water partition coefficient (Wildman–Crippen LogP) is 3.21. The van der Waals surface area contributed by atoms with Crippen LogP contribution in [0.1, 0.15) is 29.5 Å². The van der Waals surface area contributed by atoms with Crippen LogP contribution < -0.4 is 5.32 Å². The van der Waals surface area contributed by atoms with E-state index in [9.17, 15) is 9.18 Å². The number of amides is 1. The Kier molecular flexibility index (Phi) is 3.74. The number of hydrogen-bond donors (Lipinski definition) is 1. The topological polar surface area (TPSA) is 29.1 Å². The SMILES string of the molecule is CC(C(=O)NC1Cc2ccccc2C1)c1ccc(F)cc1. The van der Waals surface area contributed by atoms with E-state index in [1.165, 1.54) is 23.3 Å². The second-order valence-corrected chi connectivity index (χ2v) is 5.66. The van der Waals surface area contributed by atoms with E-state index in [0.717, 1.165) is 18.4 Å². The largest absolute Gasteiger partial charge is 0.352 e. The summed E-state index contributed by atoms with van der Waals surface area (Å²) in [5.41, 5.74) is 3.47. The smallest absolute Gasteiger partial charge is 0.227 e. The number of fused-ring (bicyclic) bond motifs is 1. The normalized spacial score (nSPS) is 15.5. The summed E-state index contributed by atoms with van der Waals surface area (Å²) < 4.78 is 12.9. The third-order valence-electron chi connectivity index (χ3n) is 4.16. The highest BCUT2D eigenvalue weighted by Gasteiger charge is 2.24. The highest BCUT2D eigenvalue weighted by Crippen LogP contribution is 2.23. The van der Waals surface area contributed by atoms with Crippen molar-refractivity contribution in [3.05, 3.63) is 71.0 Å². The van der Waals surface area contributed by atoms with Crippen molar-refractivity contribution in [2.75, 3.05) is 0 Å². The molecule has 0 spiro atoms. The van der Waals surface area contributed by atoms with E-state index in [-0.39, 0.29) is 23.7 Å². The fraction of sp³-hybridized carbons (Fsp3) is 0.278. The molecule has 0 saturated heterocycles. The molecule has 1 unspecified atom stereocenters. The molecule has 0 bridgehead atoms. The molecular weight excluding hydrogens is 265 g/mol. The van der Waals surface area contributed by atoms with E-state index in [2.05, 4.69) is 17.4 Å². The Morgan fingerprint density at radius 2 is 1.67 bits per heavy atom. The monoisotopic (exact) mass is 283 g/mol. The van der Waals surface area contributed by atoms with Crippen molar-refractivity contribution in [3.63, 3.8) is 0 Å². The summed E-state index contributed by atoms with van der Waals surface area (Å²) in [5.74, 6) is -0.550. The van der Waals surface area contributed by atoms with Crippen LogP contribution in [0.3, 0.4) is 0 Å². The zero-order valence-corrected chi connectivity index (χ0v) is 12.0. The molecule has 3 rings (SSSR count). The summed E-state index contributed by atoms with van der Waals surface area (Å²) in [6.07, 6.45) is 1.77. The second-order valence-electron chi connectivity index (χ2n) is 5.66. The van der Waals surface area contributed by atoms with Crippen LogP contribution in [-0.2, 0) is 17.6 Å². The molecular formula is C18H18FNO. The number of hydrogen-bond acceptors (Lipinski definition) is 1. The van der Waals surface area contributed by atoms with Crippen LogP contribution in [0.5, 0.6) is 0 Å². The minimum absolute atomic E-state index is 0.000542. The molecule has 1 aliphatic carbocycles. The highest BCUT2D eigenvalue weighted by atomic mass is 19.1. The maximum absolute atomic E-state index is 12.9. The summed E-state index contributed by atoms with van der Waals surface area (Å²) >= 11 is 0. The van der Waals surface area contributed by atoms with Crippen LogP contribution in [0.25, 0.3) is 0 Å². The summed E-state index contributed by atoms with van der Waals surface area (Å²) in [6.45, 7) is 1.85. The molecule has 0 saturated carbocycles. The van der Waals surface area contributed by atoms with Gasteiger partial charge in [-0.1, -0.05) is 36.4 Å². The zero-order chi connectivity index (χ0) is 14.8. The molecule has 21 heavy (non-hydrogen) atoms. The highest BCUT2D eigenvalue weighted by molar-refractivity contribution is 5.83. The van der Waals surface area contributed by atoms with Crippen molar-refractivity contribution in [1.29, 1.82) is 0 Å². The van der Waals surface area contributed by atoms with Crippen molar-refractivity contribution in [2.45, 2.75) is 31.7 Å². The van der Waals surface area contributed by atoms with Gasteiger partial charge in [0, 0.05) is 6.04 Å². The van der Waals surface area contributed by atoms with Gasteiger partial charge in [0.1, 0.15) is 5.82 Å². The van der Waals surface area contributed by atoms with E-state index in [1.807, 2.05) is 19.1 Å². The lowest BCUT2D eigenvalue weighted by atomic mass is 10.00. The minimum atomic E-state index is -0.280. The quantitative estimate of drug-likeness (QED) is 0.920. The molecule has 2 aromatic rings. The maximum atomic E-state index is 12.9. The fourth-order valence-electron chi connectivity index (χ4n) is 2.89. The number of nitrogens with one attached hydrogen (secondary N) is 1. The van der Waals surface area contributed by atoms with E-state index in [4.69, 9.17) is 0 Å². The summed E-state index contributed by atoms with van der Waals surface area (Å²) in [6, 6.07) is 14.6. The van der Waals surface area contributed by atoms with Gasteiger partial charge in [-0.15, -0.1) is 0 Å². The zero-order valence-electron chi connectivity index (χ0n) is 12.0. The molecule has 0 aliphatic heterocycles. The number of halogens is 1. The third-order valence-corrected chi connectivity index (χ3v) is 4.16. The number of carbonyl (C=O) groups is 1. The Balaban J connectivity index is 1.64. The van der Waals surface area contributed by atoms with Gasteiger partial charge in [-0.25, -0.2) is 4.39 Å². The molecule has 2 nitrogen and oxygen atoms in total. The van der Waals surface area contributed by atoms with Gasteiger partial charge in [-0.3, -0.25) is 4.79 Å². The van der Waals surface area contributed by atoms with Gasteiger partial charge in [-0.2, -0.15) is 0 Å². The summed E-state index contributed by atoms with van der Waals surface area (Å²) in [7, 11) is 0. The molecule has 0 fully saturated rings. The van der Waals surface area contributed by atoms with Gasteiger partial charge in [0.2, 0.25) is 5.91 Å². The van der Waals surface area contributed by atoms with Crippen LogP contribution in [0, 0.1) is 5.82 Å². The van der Waals surface area contributed by atoms with Crippen molar-refractivity contribution < 1.29 is 9.18 Å². The minimum Gasteiger partial charge on any atom is -0.352 e. The van der Waals surface area contributed by atoms with Crippen molar-refractivity contribution in [2.24, 2.45) is 0 Å². The van der Waals surface area contributed by atoms with Crippen LogP contribution >= 0.6 is 0 Å². The number of rotatable bonds is 3. The van der Waals surface area contributed by atoms with Crippen LogP contribution in [0.15, 0.2) is 48.5 Å². The predicted molar refractivity (Wildman–Crippen MR) is 80.6 cm³/mol. The Hall–Kier alpha value is -2.16. The van der Waals surface area contributed by atoms with E-state index < -0.39 is 0 Å². The molecule has 1 N–H and O–H groups in total. The Morgan fingerprint density at radius 1 is 1.10 bits per heavy atom. The second kappa shape index (κ2) is 5.68. The first-order chi connectivity index (χ1) is 10.1. The lowest BCUT2D eigenvalue weighted by molar-refractivity contribution is -0.122. The van der Waals surface area contributed by atoms with Gasteiger partial charge >= 0.3 is 0 Å². The molecule has 1 atom stereocenters. The van der Waals surface area contributed by atoms with Gasteiger partial charge in [-0.05, 0) is 48.6 Å².